The van der Waals surface area contributed by atoms with E-state index >= 15 is 0 Å². The summed E-state index contributed by atoms with van der Waals surface area (Å²) >= 11 is 7.29. The summed E-state index contributed by atoms with van der Waals surface area (Å²) < 4.78 is 41.3. The van der Waals surface area contributed by atoms with Crippen LogP contribution in [0.5, 0.6) is 0 Å². The lowest BCUT2D eigenvalue weighted by Crippen LogP contribution is -2.17. The maximum Gasteiger partial charge on any atom is 0.416 e. The minimum Gasteiger partial charge on any atom is -0.316 e. The molecule has 8 heteroatoms. The highest BCUT2D eigenvalue weighted by Gasteiger charge is 2.30. The van der Waals surface area contributed by atoms with Gasteiger partial charge in [0.25, 0.3) is 5.91 Å². The number of rotatable bonds is 3. The van der Waals surface area contributed by atoms with Crippen LogP contribution < -0.4 is 4.80 Å². The molecule has 0 radical (unpaired) electrons. The summed E-state index contributed by atoms with van der Waals surface area (Å²) in [6.07, 6.45) is -3.69. The number of fused-ring (bicyclic) bond motifs is 1. The molecule has 0 atom stereocenters. The first-order chi connectivity index (χ1) is 12.3. The third kappa shape index (κ3) is 3.83. The topological polar surface area (TPSA) is 34.4 Å². The van der Waals surface area contributed by atoms with Gasteiger partial charge in [-0.1, -0.05) is 35.9 Å². The highest BCUT2D eigenvalue weighted by atomic mass is 35.5. The number of hydrogen-bond donors (Lipinski definition) is 0. The smallest absolute Gasteiger partial charge is 0.316 e. The Balaban J connectivity index is 2.09. The van der Waals surface area contributed by atoms with Gasteiger partial charge < -0.3 is 4.57 Å². The van der Waals surface area contributed by atoms with Crippen LogP contribution in [-0.2, 0) is 12.7 Å². The molecule has 3 aromatic rings. The summed E-state index contributed by atoms with van der Waals surface area (Å²) in [7, 11) is 0. The first kappa shape index (κ1) is 18.7. The number of hydrogen-bond acceptors (Lipinski definition) is 2. The van der Waals surface area contributed by atoms with E-state index in [0.29, 0.717) is 16.4 Å². The van der Waals surface area contributed by atoms with Crippen molar-refractivity contribution in [3.05, 3.63) is 63.4 Å². The Bertz CT molecular complexity index is 1040. The van der Waals surface area contributed by atoms with Gasteiger partial charge in [0.05, 0.1) is 15.8 Å². The summed E-state index contributed by atoms with van der Waals surface area (Å²) in [5, 5.41) is 0.568. The van der Waals surface area contributed by atoms with E-state index in [-0.39, 0.29) is 5.56 Å². The Morgan fingerprint density at radius 1 is 1.23 bits per heavy atom. The molecular weight excluding hydrogens is 385 g/mol. The zero-order chi connectivity index (χ0) is 18.9. The lowest BCUT2D eigenvalue weighted by Gasteiger charge is -2.07. The van der Waals surface area contributed by atoms with Gasteiger partial charge in [-0.05, 0) is 42.8 Å². The number of aryl methyl sites for hydroxylation is 1. The lowest BCUT2D eigenvalue weighted by molar-refractivity contribution is -0.137. The molecule has 3 nitrogen and oxygen atoms in total. The SMILES string of the molecule is CCCn1c(=NC(=O)c2cccc(C(F)(F)F)c2)sc2cc(Cl)ccc21. The van der Waals surface area contributed by atoms with Crippen LogP contribution in [0.15, 0.2) is 47.5 Å². The Morgan fingerprint density at radius 3 is 2.69 bits per heavy atom. The molecule has 0 aliphatic heterocycles. The number of benzene rings is 2. The van der Waals surface area contributed by atoms with Crippen LogP contribution >= 0.6 is 22.9 Å². The predicted octanol–water partition coefficient (Wildman–Crippen LogP) is 5.53. The van der Waals surface area contributed by atoms with Gasteiger partial charge in [-0.3, -0.25) is 4.79 Å². The highest BCUT2D eigenvalue weighted by Crippen LogP contribution is 2.29. The average molecular weight is 399 g/mol. The van der Waals surface area contributed by atoms with Crippen molar-refractivity contribution in [2.75, 3.05) is 0 Å². The van der Waals surface area contributed by atoms with E-state index < -0.39 is 17.6 Å². The number of alkyl halides is 3. The Morgan fingerprint density at radius 2 is 2.00 bits per heavy atom. The molecule has 0 bridgehead atoms. The molecule has 0 fully saturated rings. The summed E-state index contributed by atoms with van der Waals surface area (Å²) in [5.74, 6) is -0.710. The molecule has 0 N–H and O–H groups in total. The summed E-state index contributed by atoms with van der Waals surface area (Å²) in [4.78, 5) is 16.9. The van der Waals surface area contributed by atoms with Crippen molar-refractivity contribution in [2.45, 2.75) is 26.1 Å². The minimum absolute atomic E-state index is 0.0987. The van der Waals surface area contributed by atoms with E-state index in [1.165, 1.54) is 23.5 Å². The second-order valence-electron chi connectivity index (χ2n) is 5.64. The standard InChI is InChI=1S/C18H14ClF3N2OS/c1-2-8-24-14-7-6-13(19)10-15(14)26-17(24)23-16(25)11-4-3-5-12(9-11)18(20,21)22/h3-7,9-10H,2,8H2,1H3. The number of aromatic nitrogens is 1. The van der Waals surface area contributed by atoms with Crippen molar-refractivity contribution < 1.29 is 18.0 Å². The molecule has 1 aromatic heterocycles. The molecule has 0 saturated heterocycles. The molecule has 26 heavy (non-hydrogen) atoms. The third-order valence-electron chi connectivity index (χ3n) is 3.73. The first-order valence-electron chi connectivity index (χ1n) is 7.85. The largest absolute Gasteiger partial charge is 0.416 e. The van der Waals surface area contributed by atoms with Crippen molar-refractivity contribution in [3.63, 3.8) is 0 Å². The number of nitrogens with zero attached hydrogens (tertiary/aromatic N) is 2. The Kier molecular flexibility index (Phi) is 5.20. The van der Waals surface area contributed by atoms with Gasteiger partial charge in [-0.2, -0.15) is 18.2 Å². The molecule has 0 aliphatic carbocycles. The maximum atomic E-state index is 12.8. The molecule has 0 unspecified atom stereocenters. The van der Waals surface area contributed by atoms with Crippen LogP contribution in [0.2, 0.25) is 5.02 Å². The summed E-state index contributed by atoms with van der Waals surface area (Å²) in [6.45, 7) is 2.63. The van der Waals surface area contributed by atoms with E-state index in [2.05, 4.69) is 4.99 Å². The summed E-state index contributed by atoms with van der Waals surface area (Å²) in [6, 6.07) is 9.65. The minimum atomic E-state index is -4.51. The van der Waals surface area contributed by atoms with Crippen LogP contribution in [0.25, 0.3) is 10.2 Å². The van der Waals surface area contributed by atoms with Gasteiger partial charge in [0, 0.05) is 17.1 Å². The van der Waals surface area contributed by atoms with Crippen molar-refractivity contribution in [1.82, 2.24) is 4.57 Å². The van der Waals surface area contributed by atoms with Crippen LogP contribution in [0.3, 0.4) is 0 Å². The first-order valence-corrected chi connectivity index (χ1v) is 9.04. The molecule has 0 spiro atoms. The quantitative estimate of drug-likeness (QED) is 0.571. The van der Waals surface area contributed by atoms with E-state index in [1.807, 2.05) is 17.6 Å². The zero-order valence-corrected chi connectivity index (χ0v) is 15.3. The van der Waals surface area contributed by atoms with Gasteiger partial charge in [0.2, 0.25) is 0 Å². The molecule has 3 rings (SSSR count). The highest BCUT2D eigenvalue weighted by molar-refractivity contribution is 7.16. The van der Waals surface area contributed by atoms with Gasteiger partial charge >= 0.3 is 6.18 Å². The van der Waals surface area contributed by atoms with Crippen molar-refractivity contribution in [3.8, 4) is 0 Å². The fraction of sp³-hybridized carbons (Fsp3) is 0.222. The molecular formula is C18H14ClF3N2OS. The summed E-state index contributed by atoms with van der Waals surface area (Å²) in [5.41, 5.74) is -0.0849. The van der Waals surface area contributed by atoms with E-state index in [4.69, 9.17) is 11.6 Å². The predicted molar refractivity (Wildman–Crippen MR) is 96.5 cm³/mol. The number of amides is 1. The Hall–Kier alpha value is -2.12. The number of carbonyl (C=O) groups excluding carboxylic acids is 1. The van der Waals surface area contributed by atoms with Crippen LogP contribution in [0.4, 0.5) is 13.2 Å². The molecule has 2 aromatic carbocycles. The number of carbonyl (C=O) groups is 1. The molecule has 1 amide bonds. The van der Waals surface area contributed by atoms with Gasteiger partial charge in [0.1, 0.15) is 0 Å². The average Bonchev–Trinajstić information content (AvgIpc) is 2.91. The maximum absolute atomic E-state index is 12.8. The van der Waals surface area contributed by atoms with Gasteiger partial charge in [-0.25, -0.2) is 0 Å². The van der Waals surface area contributed by atoms with Crippen molar-refractivity contribution in [2.24, 2.45) is 4.99 Å². The normalized spacial score (nSPS) is 12.7. The van der Waals surface area contributed by atoms with Crippen molar-refractivity contribution >= 4 is 39.1 Å². The molecule has 0 aliphatic rings. The molecule has 1 heterocycles. The van der Waals surface area contributed by atoms with Gasteiger partial charge in [-0.15, -0.1) is 0 Å². The van der Waals surface area contributed by atoms with Crippen LogP contribution in [0, 0.1) is 0 Å². The molecule has 136 valence electrons. The number of thiazole rings is 1. The third-order valence-corrected chi connectivity index (χ3v) is 5.00. The van der Waals surface area contributed by atoms with E-state index in [0.717, 1.165) is 28.8 Å². The van der Waals surface area contributed by atoms with Gasteiger partial charge in [0.15, 0.2) is 4.80 Å². The lowest BCUT2D eigenvalue weighted by atomic mass is 10.1. The fourth-order valence-electron chi connectivity index (χ4n) is 2.55. The fourth-order valence-corrected chi connectivity index (χ4v) is 3.88. The second kappa shape index (κ2) is 7.25. The molecule has 0 saturated carbocycles. The van der Waals surface area contributed by atoms with E-state index in [1.54, 1.807) is 12.1 Å². The number of halogens is 4. The van der Waals surface area contributed by atoms with Crippen LogP contribution in [-0.4, -0.2) is 10.5 Å². The Labute approximate surface area is 156 Å². The monoisotopic (exact) mass is 398 g/mol. The van der Waals surface area contributed by atoms with Crippen LogP contribution in [0.1, 0.15) is 29.3 Å². The zero-order valence-electron chi connectivity index (χ0n) is 13.7. The second-order valence-corrected chi connectivity index (χ2v) is 7.09. The van der Waals surface area contributed by atoms with Crippen molar-refractivity contribution in [1.29, 1.82) is 0 Å². The van der Waals surface area contributed by atoms with E-state index in [9.17, 15) is 18.0 Å².